The van der Waals surface area contributed by atoms with Gasteiger partial charge in [-0.25, -0.2) is 4.98 Å². The molecule has 0 aliphatic rings. The lowest BCUT2D eigenvalue weighted by Crippen LogP contribution is -2.14. The van der Waals surface area contributed by atoms with E-state index in [1.807, 2.05) is 6.92 Å². The van der Waals surface area contributed by atoms with Crippen LogP contribution in [0.1, 0.15) is 29.7 Å². The molecule has 0 spiro atoms. The fourth-order valence-corrected chi connectivity index (χ4v) is 1.86. The van der Waals surface area contributed by atoms with E-state index in [4.69, 9.17) is 4.42 Å². The molecule has 1 aromatic heterocycles. The maximum Gasteiger partial charge on any atom is 0.208 e. The second kappa shape index (κ2) is 5.64. The van der Waals surface area contributed by atoms with Crippen LogP contribution in [-0.4, -0.2) is 4.98 Å². The first-order chi connectivity index (χ1) is 8.29. The summed E-state index contributed by atoms with van der Waals surface area (Å²) in [5.41, 5.74) is 2.74. The van der Waals surface area contributed by atoms with Gasteiger partial charge in [-0.15, -0.1) is 0 Å². The molecule has 1 heterocycles. The van der Waals surface area contributed by atoms with Crippen molar-refractivity contribution < 1.29 is 4.42 Å². The predicted molar refractivity (Wildman–Crippen MR) is 67.6 cm³/mol. The molecule has 0 saturated carbocycles. The molecule has 0 saturated heterocycles. The SMILES string of the molecule is CCc1ccccc1CNCc1ncc(C)o1. The lowest BCUT2D eigenvalue weighted by atomic mass is 10.1. The van der Waals surface area contributed by atoms with Gasteiger partial charge in [0.2, 0.25) is 5.89 Å². The molecule has 0 unspecified atom stereocenters. The highest BCUT2D eigenvalue weighted by molar-refractivity contribution is 5.26. The van der Waals surface area contributed by atoms with Crippen molar-refractivity contribution in [3.8, 4) is 0 Å². The van der Waals surface area contributed by atoms with Crippen LogP contribution in [0.25, 0.3) is 0 Å². The number of aryl methyl sites for hydroxylation is 2. The van der Waals surface area contributed by atoms with Crippen LogP contribution in [0.2, 0.25) is 0 Å². The maximum absolute atomic E-state index is 5.40. The topological polar surface area (TPSA) is 38.1 Å². The minimum atomic E-state index is 0.673. The average Bonchev–Trinajstić information content (AvgIpc) is 2.76. The summed E-state index contributed by atoms with van der Waals surface area (Å²) in [5.74, 6) is 1.60. The van der Waals surface area contributed by atoms with Crippen LogP contribution >= 0.6 is 0 Å². The summed E-state index contributed by atoms with van der Waals surface area (Å²) in [6.45, 7) is 5.61. The molecule has 17 heavy (non-hydrogen) atoms. The van der Waals surface area contributed by atoms with Crippen LogP contribution in [0.15, 0.2) is 34.9 Å². The van der Waals surface area contributed by atoms with Gasteiger partial charge in [0, 0.05) is 6.54 Å². The summed E-state index contributed by atoms with van der Waals surface area (Å²) in [6, 6.07) is 8.49. The summed E-state index contributed by atoms with van der Waals surface area (Å²) in [4.78, 5) is 4.16. The van der Waals surface area contributed by atoms with Crippen molar-refractivity contribution in [3.05, 3.63) is 53.2 Å². The van der Waals surface area contributed by atoms with Crippen molar-refractivity contribution in [2.45, 2.75) is 33.4 Å². The Morgan fingerprint density at radius 2 is 1.94 bits per heavy atom. The van der Waals surface area contributed by atoms with Gasteiger partial charge < -0.3 is 9.73 Å². The molecular weight excluding hydrogens is 212 g/mol. The molecule has 0 bridgehead atoms. The Morgan fingerprint density at radius 1 is 1.18 bits per heavy atom. The molecule has 0 radical (unpaired) electrons. The Labute approximate surface area is 102 Å². The number of nitrogens with zero attached hydrogens (tertiary/aromatic N) is 1. The second-order valence-corrected chi connectivity index (χ2v) is 4.09. The Kier molecular flexibility index (Phi) is 3.94. The molecule has 2 rings (SSSR count). The first-order valence-corrected chi connectivity index (χ1v) is 5.98. The van der Waals surface area contributed by atoms with Crippen LogP contribution in [0, 0.1) is 6.92 Å². The molecule has 1 N–H and O–H groups in total. The molecule has 3 nitrogen and oxygen atoms in total. The maximum atomic E-state index is 5.40. The minimum Gasteiger partial charge on any atom is -0.445 e. The quantitative estimate of drug-likeness (QED) is 0.858. The van der Waals surface area contributed by atoms with Gasteiger partial charge in [0.25, 0.3) is 0 Å². The number of hydrogen-bond acceptors (Lipinski definition) is 3. The minimum absolute atomic E-state index is 0.673. The molecular formula is C14H18N2O. The molecule has 0 fully saturated rings. The van der Waals surface area contributed by atoms with Gasteiger partial charge >= 0.3 is 0 Å². The Balaban J connectivity index is 1.89. The molecule has 3 heteroatoms. The van der Waals surface area contributed by atoms with Gasteiger partial charge in [-0.2, -0.15) is 0 Å². The second-order valence-electron chi connectivity index (χ2n) is 4.09. The largest absolute Gasteiger partial charge is 0.445 e. The molecule has 0 amide bonds. The van der Waals surface area contributed by atoms with E-state index in [1.165, 1.54) is 11.1 Å². The number of benzene rings is 1. The Morgan fingerprint density at radius 3 is 2.59 bits per heavy atom. The first kappa shape index (κ1) is 11.9. The Hall–Kier alpha value is -1.61. The van der Waals surface area contributed by atoms with Gasteiger partial charge in [-0.3, -0.25) is 0 Å². The molecule has 90 valence electrons. The van der Waals surface area contributed by atoms with E-state index < -0.39 is 0 Å². The number of nitrogens with one attached hydrogen (secondary N) is 1. The van der Waals surface area contributed by atoms with E-state index >= 15 is 0 Å². The van der Waals surface area contributed by atoms with Gasteiger partial charge in [-0.05, 0) is 24.5 Å². The van der Waals surface area contributed by atoms with E-state index in [9.17, 15) is 0 Å². The molecule has 0 atom stereocenters. The van der Waals surface area contributed by atoms with Crippen molar-refractivity contribution in [1.29, 1.82) is 0 Å². The first-order valence-electron chi connectivity index (χ1n) is 5.98. The highest BCUT2D eigenvalue weighted by Crippen LogP contribution is 2.09. The van der Waals surface area contributed by atoms with Crippen LogP contribution in [0.4, 0.5) is 0 Å². The number of aromatic nitrogens is 1. The number of hydrogen-bond donors (Lipinski definition) is 1. The van der Waals surface area contributed by atoms with E-state index in [0.29, 0.717) is 6.54 Å². The standard InChI is InChI=1S/C14H18N2O/c1-3-12-6-4-5-7-13(12)9-15-10-14-16-8-11(2)17-14/h4-8,15H,3,9-10H2,1-2H3. The van der Waals surface area contributed by atoms with Crippen LogP contribution < -0.4 is 5.32 Å². The third-order valence-corrected chi connectivity index (χ3v) is 2.76. The van der Waals surface area contributed by atoms with Crippen LogP contribution in [0.3, 0.4) is 0 Å². The van der Waals surface area contributed by atoms with E-state index in [1.54, 1.807) is 6.20 Å². The van der Waals surface area contributed by atoms with Crippen molar-refractivity contribution in [1.82, 2.24) is 10.3 Å². The molecule has 0 aliphatic heterocycles. The van der Waals surface area contributed by atoms with Crippen molar-refractivity contribution in [2.75, 3.05) is 0 Å². The Bertz CT molecular complexity index is 477. The number of rotatable bonds is 5. The van der Waals surface area contributed by atoms with Crippen molar-refractivity contribution in [3.63, 3.8) is 0 Å². The zero-order chi connectivity index (χ0) is 12.1. The van der Waals surface area contributed by atoms with Crippen LogP contribution in [-0.2, 0) is 19.5 Å². The van der Waals surface area contributed by atoms with E-state index in [0.717, 1.165) is 24.6 Å². The van der Waals surface area contributed by atoms with Gasteiger partial charge in [0.1, 0.15) is 5.76 Å². The van der Waals surface area contributed by atoms with E-state index in [2.05, 4.69) is 41.5 Å². The highest BCUT2D eigenvalue weighted by Gasteiger charge is 2.02. The summed E-state index contributed by atoms with van der Waals surface area (Å²) in [7, 11) is 0. The van der Waals surface area contributed by atoms with Crippen molar-refractivity contribution >= 4 is 0 Å². The molecule has 2 aromatic rings. The lowest BCUT2D eigenvalue weighted by molar-refractivity contribution is 0.449. The zero-order valence-electron chi connectivity index (χ0n) is 10.4. The predicted octanol–water partition coefficient (Wildman–Crippen LogP) is 2.84. The third kappa shape index (κ3) is 3.17. The van der Waals surface area contributed by atoms with Gasteiger partial charge in [0.05, 0.1) is 12.7 Å². The fraction of sp³-hybridized carbons (Fsp3) is 0.357. The highest BCUT2D eigenvalue weighted by atomic mass is 16.4. The fourth-order valence-electron chi connectivity index (χ4n) is 1.86. The normalized spacial score (nSPS) is 10.7. The van der Waals surface area contributed by atoms with Crippen molar-refractivity contribution in [2.24, 2.45) is 0 Å². The van der Waals surface area contributed by atoms with Gasteiger partial charge in [-0.1, -0.05) is 31.2 Å². The molecule has 0 aliphatic carbocycles. The number of oxazole rings is 1. The zero-order valence-corrected chi connectivity index (χ0v) is 10.4. The monoisotopic (exact) mass is 230 g/mol. The summed E-state index contributed by atoms with van der Waals surface area (Å²) < 4.78 is 5.40. The summed E-state index contributed by atoms with van der Waals surface area (Å²) in [5, 5.41) is 3.35. The molecule has 1 aromatic carbocycles. The summed E-state index contributed by atoms with van der Waals surface area (Å²) in [6.07, 6.45) is 2.81. The third-order valence-electron chi connectivity index (χ3n) is 2.76. The smallest absolute Gasteiger partial charge is 0.208 e. The van der Waals surface area contributed by atoms with Gasteiger partial charge in [0.15, 0.2) is 0 Å². The average molecular weight is 230 g/mol. The van der Waals surface area contributed by atoms with Crippen LogP contribution in [0.5, 0.6) is 0 Å². The summed E-state index contributed by atoms with van der Waals surface area (Å²) >= 11 is 0. The van der Waals surface area contributed by atoms with E-state index in [-0.39, 0.29) is 0 Å². The lowest BCUT2D eigenvalue weighted by Gasteiger charge is -2.07.